The van der Waals surface area contributed by atoms with Crippen LogP contribution in [0, 0.1) is 34.5 Å². The number of phenols is 1. The molecule has 0 heterocycles. The molecule has 22 heavy (non-hydrogen) atoms. The van der Waals surface area contributed by atoms with E-state index in [1.54, 1.807) is 0 Å². The standard InChI is InChI=1S/C20H24O2/c1-19-7-6-13-12-4-3-11(21)8-10(12)2-5-15(13)20(19)9-14-16(17(14)20)18(19)22/h3-4,8,13-18,21-22H,2,5-7,9H2,1H3/t13?,14?,15?,16?,17?,18?,19-,20?/m1/s1. The first kappa shape index (κ1) is 12.4. The molecule has 1 aromatic carbocycles. The lowest BCUT2D eigenvalue weighted by atomic mass is 9.40. The average molecular weight is 296 g/mol. The summed E-state index contributed by atoms with van der Waals surface area (Å²) < 4.78 is 0. The highest BCUT2D eigenvalue weighted by atomic mass is 16.3. The van der Waals surface area contributed by atoms with Crippen LogP contribution in [-0.4, -0.2) is 16.3 Å². The molecule has 2 N–H and O–H groups in total. The van der Waals surface area contributed by atoms with Crippen molar-refractivity contribution in [2.24, 2.45) is 34.5 Å². The number of rotatable bonds is 0. The largest absolute Gasteiger partial charge is 0.508 e. The van der Waals surface area contributed by atoms with E-state index in [0.717, 1.165) is 24.2 Å². The van der Waals surface area contributed by atoms with Gasteiger partial charge in [0, 0.05) is 5.41 Å². The number of fused-ring (bicyclic) bond motifs is 4. The van der Waals surface area contributed by atoms with E-state index < -0.39 is 0 Å². The number of hydrogen-bond donors (Lipinski definition) is 2. The lowest BCUT2D eigenvalue weighted by Crippen LogP contribution is -2.60. The summed E-state index contributed by atoms with van der Waals surface area (Å²) in [6.07, 6.45) is 6.15. The van der Waals surface area contributed by atoms with Gasteiger partial charge in [0.15, 0.2) is 0 Å². The van der Waals surface area contributed by atoms with Crippen LogP contribution < -0.4 is 0 Å². The van der Waals surface area contributed by atoms with Gasteiger partial charge in [0.05, 0.1) is 6.10 Å². The van der Waals surface area contributed by atoms with Gasteiger partial charge >= 0.3 is 0 Å². The zero-order chi connectivity index (χ0) is 14.9. The van der Waals surface area contributed by atoms with E-state index in [2.05, 4.69) is 13.0 Å². The molecule has 0 bridgehead atoms. The molecule has 1 aromatic rings. The quantitative estimate of drug-likeness (QED) is 0.769. The minimum Gasteiger partial charge on any atom is -0.508 e. The number of aliphatic hydroxyl groups excluding tert-OH is 1. The fourth-order valence-electron chi connectivity index (χ4n) is 8.03. The third-order valence-corrected chi connectivity index (χ3v) is 8.85. The van der Waals surface area contributed by atoms with E-state index in [1.807, 2.05) is 12.1 Å². The Morgan fingerprint density at radius 1 is 1.23 bits per heavy atom. The van der Waals surface area contributed by atoms with E-state index in [4.69, 9.17) is 0 Å². The second-order valence-corrected chi connectivity index (χ2v) is 9.05. The van der Waals surface area contributed by atoms with E-state index >= 15 is 0 Å². The summed E-state index contributed by atoms with van der Waals surface area (Å²) >= 11 is 0. The van der Waals surface area contributed by atoms with Crippen molar-refractivity contribution < 1.29 is 10.2 Å². The van der Waals surface area contributed by atoms with Crippen molar-refractivity contribution in [2.45, 2.75) is 51.0 Å². The summed E-state index contributed by atoms with van der Waals surface area (Å²) in [6.45, 7) is 2.41. The van der Waals surface area contributed by atoms with Crippen molar-refractivity contribution in [3.05, 3.63) is 29.3 Å². The van der Waals surface area contributed by atoms with Crippen LogP contribution in [0.15, 0.2) is 18.2 Å². The van der Waals surface area contributed by atoms with Gasteiger partial charge in [0.2, 0.25) is 0 Å². The maximum absolute atomic E-state index is 10.9. The van der Waals surface area contributed by atoms with Gasteiger partial charge in [-0.1, -0.05) is 13.0 Å². The molecule has 2 nitrogen and oxygen atoms in total. The zero-order valence-corrected chi connectivity index (χ0v) is 13.1. The van der Waals surface area contributed by atoms with Crippen molar-refractivity contribution in [1.82, 2.24) is 0 Å². The summed E-state index contributed by atoms with van der Waals surface area (Å²) in [7, 11) is 0. The van der Waals surface area contributed by atoms with E-state index in [0.29, 0.717) is 23.0 Å². The van der Waals surface area contributed by atoms with Crippen LogP contribution in [0.3, 0.4) is 0 Å². The van der Waals surface area contributed by atoms with Gasteiger partial charge in [-0.25, -0.2) is 0 Å². The van der Waals surface area contributed by atoms with E-state index in [9.17, 15) is 10.2 Å². The zero-order valence-electron chi connectivity index (χ0n) is 13.1. The fraction of sp³-hybridized carbons (Fsp3) is 0.700. The molecule has 0 aliphatic heterocycles. The van der Waals surface area contributed by atoms with Crippen molar-refractivity contribution in [1.29, 1.82) is 0 Å². The molecule has 0 aromatic heterocycles. The molecule has 7 unspecified atom stereocenters. The third kappa shape index (κ3) is 1.04. The fourth-order valence-corrected chi connectivity index (χ4v) is 8.03. The number of phenolic OH excluding ortho intramolecular Hbond substituents is 1. The predicted octanol–water partition coefficient (Wildman–Crippen LogP) is 3.47. The Balaban J connectivity index is 1.48. The number of benzene rings is 1. The van der Waals surface area contributed by atoms with Crippen LogP contribution in [0.1, 0.15) is 49.7 Å². The molecule has 2 heteroatoms. The first-order valence-electron chi connectivity index (χ1n) is 9.08. The molecule has 4 fully saturated rings. The Morgan fingerprint density at radius 3 is 2.95 bits per heavy atom. The van der Waals surface area contributed by atoms with Crippen molar-refractivity contribution in [3.8, 4) is 5.75 Å². The topological polar surface area (TPSA) is 40.5 Å². The molecule has 0 saturated heterocycles. The Hall–Kier alpha value is -1.02. The highest BCUT2D eigenvalue weighted by Crippen LogP contribution is 2.90. The van der Waals surface area contributed by atoms with Crippen LogP contribution in [0.4, 0.5) is 0 Å². The van der Waals surface area contributed by atoms with Crippen molar-refractivity contribution in [3.63, 3.8) is 0 Å². The molecule has 1 spiro atoms. The Morgan fingerprint density at radius 2 is 2.09 bits per heavy atom. The minimum absolute atomic E-state index is 0.0292. The molecule has 6 rings (SSSR count). The van der Waals surface area contributed by atoms with Crippen LogP contribution in [-0.2, 0) is 6.42 Å². The van der Waals surface area contributed by atoms with Crippen LogP contribution >= 0.6 is 0 Å². The summed E-state index contributed by atoms with van der Waals surface area (Å²) in [4.78, 5) is 0. The summed E-state index contributed by atoms with van der Waals surface area (Å²) in [5, 5.41) is 20.7. The number of hydrogen-bond acceptors (Lipinski definition) is 2. The maximum atomic E-state index is 10.9. The molecule has 8 atom stereocenters. The summed E-state index contributed by atoms with van der Waals surface area (Å²) in [5.74, 6) is 4.21. The first-order chi connectivity index (χ1) is 10.6. The minimum atomic E-state index is -0.0292. The molecule has 0 radical (unpaired) electrons. The van der Waals surface area contributed by atoms with Crippen LogP contribution in [0.2, 0.25) is 0 Å². The molecule has 0 amide bonds. The SMILES string of the molecule is C[C@]12CCC3c4ccc(O)cc4CCC3C13CC1C(C13)C2O. The lowest BCUT2D eigenvalue weighted by Gasteiger charge is -2.65. The van der Waals surface area contributed by atoms with Gasteiger partial charge in [0.25, 0.3) is 0 Å². The van der Waals surface area contributed by atoms with Gasteiger partial charge in [-0.3, -0.25) is 0 Å². The highest BCUT2D eigenvalue weighted by molar-refractivity contribution is 5.43. The monoisotopic (exact) mass is 296 g/mol. The van der Waals surface area contributed by atoms with Gasteiger partial charge < -0.3 is 10.2 Å². The Kier molecular flexibility index (Phi) is 1.92. The second-order valence-electron chi connectivity index (χ2n) is 9.05. The highest BCUT2D eigenvalue weighted by Gasteiger charge is 2.87. The molecule has 4 saturated carbocycles. The summed E-state index contributed by atoms with van der Waals surface area (Å²) in [5.41, 5.74) is 3.52. The Bertz CT molecular complexity index is 697. The second kappa shape index (κ2) is 3.40. The predicted molar refractivity (Wildman–Crippen MR) is 83.5 cm³/mol. The lowest BCUT2D eigenvalue weighted by molar-refractivity contribution is -0.176. The molecule has 116 valence electrons. The maximum Gasteiger partial charge on any atom is 0.115 e. The van der Waals surface area contributed by atoms with E-state index in [1.165, 1.54) is 36.8 Å². The average Bonchev–Trinajstić information content (AvgIpc) is 3.06. The Labute approximate surface area is 131 Å². The van der Waals surface area contributed by atoms with Crippen molar-refractivity contribution in [2.75, 3.05) is 0 Å². The third-order valence-electron chi connectivity index (χ3n) is 8.85. The van der Waals surface area contributed by atoms with Gasteiger partial charge in [0.1, 0.15) is 5.75 Å². The molecular weight excluding hydrogens is 272 g/mol. The molecule has 5 aliphatic rings. The molecule has 5 aliphatic carbocycles. The van der Waals surface area contributed by atoms with Crippen LogP contribution in [0.25, 0.3) is 0 Å². The molecular formula is C20H24O2. The van der Waals surface area contributed by atoms with E-state index in [-0.39, 0.29) is 11.5 Å². The van der Waals surface area contributed by atoms with Crippen molar-refractivity contribution >= 4 is 0 Å². The number of aryl methyl sites for hydroxylation is 1. The normalized spacial score (nSPS) is 56.3. The number of aromatic hydroxyl groups is 1. The summed E-state index contributed by atoms with van der Waals surface area (Å²) in [6, 6.07) is 6.05. The smallest absolute Gasteiger partial charge is 0.115 e. The van der Waals surface area contributed by atoms with Gasteiger partial charge in [-0.05, 0) is 90.4 Å². The van der Waals surface area contributed by atoms with Crippen LogP contribution in [0.5, 0.6) is 5.75 Å². The number of aliphatic hydroxyl groups is 1. The van der Waals surface area contributed by atoms with Gasteiger partial charge in [-0.15, -0.1) is 0 Å². The van der Waals surface area contributed by atoms with Gasteiger partial charge in [-0.2, -0.15) is 0 Å². The first-order valence-corrected chi connectivity index (χ1v) is 9.08.